The Hall–Kier alpha value is -0.150. The summed E-state index contributed by atoms with van der Waals surface area (Å²) >= 11 is 0. The van der Waals surface area contributed by atoms with Crippen LogP contribution in [0.15, 0.2) is 0 Å². The summed E-state index contributed by atoms with van der Waals surface area (Å²) in [4.78, 5) is 22.3. The Bertz CT molecular complexity index is 580. The number of unbranched alkanes of at least 4 members (excludes halogenated alkanes) is 15. The van der Waals surface area contributed by atoms with Gasteiger partial charge >= 0.3 is 11.9 Å². The zero-order valence-corrected chi connectivity index (χ0v) is 22.4. The Labute approximate surface area is 210 Å². The van der Waals surface area contributed by atoms with E-state index < -0.39 is 39.6 Å². The van der Waals surface area contributed by atoms with Gasteiger partial charge < -0.3 is 10.2 Å². The van der Waals surface area contributed by atoms with Crippen molar-refractivity contribution in [2.45, 2.75) is 127 Å². The van der Waals surface area contributed by atoms with Crippen LogP contribution >= 0.6 is 0 Å². The van der Waals surface area contributed by atoms with Crippen LogP contribution in [0.2, 0.25) is 0 Å². The van der Waals surface area contributed by atoms with E-state index in [1.54, 1.807) is 0 Å². The van der Waals surface area contributed by atoms with Crippen molar-refractivity contribution >= 4 is 51.6 Å². The van der Waals surface area contributed by atoms with E-state index in [4.69, 9.17) is 5.11 Å². The van der Waals surface area contributed by atoms with Crippen LogP contribution in [0.4, 0.5) is 0 Å². The SMILES string of the molecule is CCCCCCCCCCCCCCCCCCC(CC(=O)O)(C(=O)O)S(=O)(=O)O.[Na]. The fraction of sp³-hybridized carbons (Fsp3) is 0.909. The van der Waals surface area contributed by atoms with Gasteiger partial charge in [-0.15, -0.1) is 0 Å². The third-order valence-electron chi connectivity index (χ3n) is 5.75. The average molecular weight is 474 g/mol. The van der Waals surface area contributed by atoms with Gasteiger partial charge in [0.05, 0.1) is 6.42 Å². The number of hydrogen-bond acceptors (Lipinski definition) is 4. The Balaban J connectivity index is 0. The van der Waals surface area contributed by atoms with Crippen LogP contribution in [0.3, 0.4) is 0 Å². The summed E-state index contributed by atoms with van der Waals surface area (Å²) in [6, 6.07) is 0. The van der Waals surface area contributed by atoms with Gasteiger partial charge in [-0.25, -0.2) is 0 Å². The molecule has 9 heteroatoms. The molecule has 179 valence electrons. The molecule has 3 N–H and O–H groups in total. The molecule has 0 rings (SSSR count). The average Bonchev–Trinajstić information content (AvgIpc) is 2.65. The van der Waals surface area contributed by atoms with E-state index in [0.29, 0.717) is 6.42 Å². The quantitative estimate of drug-likeness (QED) is 0.115. The molecule has 0 aromatic heterocycles. The fourth-order valence-corrected chi connectivity index (χ4v) is 4.73. The summed E-state index contributed by atoms with van der Waals surface area (Å²) in [6.45, 7) is 2.23. The summed E-state index contributed by atoms with van der Waals surface area (Å²) in [5.41, 5.74) is 0. The summed E-state index contributed by atoms with van der Waals surface area (Å²) in [6.07, 6.45) is 16.6. The van der Waals surface area contributed by atoms with Crippen LogP contribution in [-0.4, -0.2) is 69.4 Å². The number of rotatable bonds is 21. The molecular formula is C22H42NaO7S. The zero-order valence-electron chi connectivity index (χ0n) is 19.6. The van der Waals surface area contributed by atoms with Crippen LogP contribution in [0.1, 0.15) is 122 Å². The van der Waals surface area contributed by atoms with Gasteiger partial charge in [0.15, 0.2) is 0 Å². The first-order valence-corrected chi connectivity index (χ1v) is 13.0. The van der Waals surface area contributed by atoms with Gasteiger partial charge in [-0.2, -0.15) is 8.42 Å². The van der Waals surface area contributed by atoms with E-state index >= 15 is 0 Å². The molecule has 0 amide bonds. The predicted molar refractivity (Wildman–Crippen MR) is 124 cm³/mol. The van der Waals surface area contributed by atoms with Gasteiger partial charge in [0.25, 0.3) is 10.1 Å². The van der Waals surface area contributed by atoms with E-state index in [9.17, 15) is 27.7 Å². The van der Waals surface area contributed by atoms with E-state index in [1.165, 1.54) is 70.6 Å². The third kappa shape index (κ3) is 15.3. The largest absolute Gasteiger partial charge is 0.481 e. The van der Waals surface area contributed by atoms with Crippen molar-refractivity contribution in [3.8, 4) is 0 Å². The van der Waals surface area contributed by atoms with Crippen molar-refractivity contribution in [3.63, 3.8) is 0 Å². The van der Waals surface area contributed by atoms with Gasteiger partial charge in [-0.1, -0.05) is 110 Å². The molecule has 1 radical (unpaired) electrons. The molecule has 0 aliphatic heterocycles. The number of aliphatic carboxylic acids is 2. The minimum atomic E-state index is -5.02. The molecule has 0 aliphatic rings. The maximum absolute atomic E-state index is 11.5. The second kappa shape index (κ2) is 19.3. The van der Waals surface area contributed by atoms with Crippen molar-refractivity contribution < 1.29 is 32.8 Å². The van der Waals surface area contributed by atoms with E-state index in [1.807, 2.05) is 0 Å². The minimum absolute atomic E-state index is 0. The van der Waals surface area contributed by atoms with Crippen molar-refractivity contribution in [3.05, 3.63) is 0 Å². The molecule has 0 aliphatic carbocycles. The molecular weight excluding hydrogens is 431 g/mol. The first-order valence-electron chi connectivity index (χ1n) is 11.6. The molecule has 1 atom stereocenters. The van der Waals surface area contributed by atoms with Crippen molar-refractivity contribution in [2.24, 2.45) is 0 Å². The minimum Gasteiger partial charge on any atom is -0.481 e. The van der Waals surface area contributed by atoms with Crippen molar-refractivity contribution in [2.75, 3.05) is 0 Å². The first kappa shape index (κ1) is 33.0. The standard InChI is InChI=1S/C22H42O7S.Na/c1-2-3-4-5-6-7-8-9-10-11-12-13-14-15-16-17-18-22(21(25)26,19-20(23)24)30(27,28)29;/h2-19H2,1H3,(H,23,24)(H,25,26)(H,27,28,29);. The summed E-state index contributed by atoms with van der Waals surface area (Å²) in [5, 5.41) is 18.1. The third-order valence-corrected chi connectivity index (χ3v) is 7.27. The Kier molecular flexibility index (Phi) is 20.6. The molecule has 0 heterocycles. The molecule has 1 unspecified atom stereocenters. The Morgan fingerprint density at radius 2 is 1.00 bits per heavy atom. The van der Waals surface area contributed by atoms with Crippen LogP contribution in [0.5, 0.6) is 0 Å². The Morgan fingerprint density at radius 1 is 0.677 bits per heavy atom. The van der Waals surface area contributed by atoms with Gasteiger partial charge in [-0.05, 0) is 6.42 Å². The molecule has 0 saturated carbocycles. The van der Waals surface area contributed by atoms with E-state index in [2.05, 4.69) is 6.92 Å². The number of carbonyl (C=O) groups is 2. The predicted octanol–water partition coefficient (Wildman–Crippen LogP) is 5.44. The molecule has 31 heavy (non-hydrogen) atoms. The molecule has 0 aromatic carbocycles. The monoisotopic (exact) mass is 473 g/mol. The smallest absolute Gasteiger partial charge is 0.328 e. The Morgan fingerprint density at radius 3 is 1.26 bits per heavy atom. The normalized spacial score (nSPS) is 13.4. The molecule has 0 fully saturated rings. The number of hydrogen-bond donors (Lipinski definition) is 3. The molecule has 0 saturated heterocycles. The maximum atomic E-state index is 11.5. The molecule has 0 bridgehead atoms. The van der Waals surface area contributed by atoms with Crippen LogP contribution in [0.25, 0.3) is 0 Å². The van der Waals surface area contributed by atoms with E-state index in [-0.39, 0.29) is 36.0 Å². The van der Waals surface area contributed by atoms with Gasteiger partial charge in [0, 0.05) is 29.6 Å². The van der Waals surface area contributed by atoms with Crippen LogP contribution in [0, 0.1) is 0 Å². The second-order valence-electron chi connectivity index (χ2n) is 8.40. The van der Waals surface area contributed by atoms with Crippen molar-refractivity contribution in [1.82, 2.24) is 0 Å². The van der Waals surface area contributed by atoms with Crippen molar-refractivity contribution in [1.29, 1.82) is 0 Å². The number of carboxylic acid groups (broad SMARTS) is 2. The zero-order chi connectivity index (χ0) is 22.9. The first-order chi connectivity index (χ1) is 14.2. The topological polar surface area (TPSA) is 129 Å². The molecule has 0 aromatic rings. The van der Waals surface area contributed by atoms with Gasteiger partial charge in [0.2, 0.25) is 4.75 Å². The van der Waals surface area contributed by atoms with Gasteiger partial charge in [-0.3, -0.25) is 14.1 Å². The van der Waals surface area contributed by atoms with Crippen LogP contribution in [-0.2, 0) is 19.7 Å². The molecule has 7 nitrogen and oxygen atoms in total. The summed E-state index contributed by atoms with van der Waals surface area (Å²) in [7, 11) is -5.02. The summed E-state index contributed by atoms with van der Waals surface area (Å²) in [5.74, 6) is -3.38. The summed E-state index contributed by atoms with van der Waals surface area (Å²) < 4.78 is 29.7. The fourth-order valence-electron chi connectivity index (χ4n) is 3.80. The van der Waals surface area contributed by atoms with Gasteiger partial charge in [0.1, 0.15) is 0 Å². The second-order valence-corrected chi connectivity index (χ2v) is 10.1. The molecule has 0 spiro atoms. The van der Waals surface area contributed by atoms with E-state index in [0.717, 1.165) is 19.3 Å². The maximum Gasteiger partial charge on any atom is 0.328 e. The van der Waals surface area contributed by atoms with Crippen LogP contribution < -0.4 is 0 Å². The number of carboxylic acids is 2.